The van der Waals surface area contributed by atoms with Crippen LogP contribution >= 0.6 is 0 Å². The molecule has 25 heavy (non-hydrogen) atoms. The zero-order chi connectivity index (χ0) is 20.7. The lowest BCUT2D eigenvalue weighted by molar-refractivity contribution is -0.359. The lowest BCUT2D eigenvalue weighted by Crippen LogP contribution is -2.66. The van der Waals surface area contributed by atoms with Gasteiger partial charge in [0.05, 0.1) is 0 Å². The normalized spacial score (nSPS) is 16.8. The van der Waals surface area contributed by atoms with Crippen molar-refractivity contribution in [1.82, 2.24) is 0 Å². The molecule has 0 spiro atoms. The average Bonchev–Trinajstić information content (AvgIpc) is 2.34. The number of halogens is 12. The van der Waals surface area contributed by atoms with Gasteiger partial charge in [-0.25, -0.2) is 4.39 Å². The third-order valence-corrected chi connectivity index (χ3v) is 3.72. The summed E-state index contributed by atoms with van der Waals surface area (Å²) in [5.41, 5.74) is 0. The Morgan fingerprint density at radius 1 is 0.800 bits per heavy atom. The number of rotatable bonds is 8. The van der Waals surface area contributed by atoms with E-state index in [4.69, 9.17) is 4.55 Å². The van der Waals surface area contributed by atoms with Crippen LogP contribution in [0.3, 0.4) is 0 Å². The van der Waals surface area contributed by atoms with E-state index in [1.54, 1.807) is 0 Å². The maximum Gasteiger partial charge on any atom is 0.438 e. The molecule has 0 aromatic heterocycles. The van der Waals surface area contributed by atoms with Gasteiger partial charge in [0.25, 0.3) is 0 Å². The van der Waals surface area contributed by atoms with Crippen LogP contribution in [0.15, 0.2) is 0 Å². The topological polar surface area (TPSA) is 54.4 Å². The van der Waals surface area contributed by atoms with Gasteiger partial charge in [0, 0.05) is 6.42 Å². The van der Waals surface area contributed by atoms with E-state index in [0.717, 1.165) is 0 Å². The highest BCUT2D eigenvalue weighted by molar-refractivity contribution is 7.87. The highest BCUT2D eigenvalue weighted by Gasteiger charge is 2.85. The minimum atomic E-state index is -7.49. The summed E-state index contributed by atoms with van der Waals surface area (Å²) in [4.78, 5) is 0. The summed E-state index contributed by atoms with van der Waals surface area (Å²) in [5, 5.41) is -7.14. The fourth-order valence-electron chi connectivity index (χ4n) is 1.41. The Bertz CT molecular complexity index is 567. The van der Waals surface area contributed by atoms with Crippen molar-refractivity contribution in [1.29, 1.82) is 0 Å². The quantitative estimate of drug-likeness (QED) is 0.463. The van der Waals surface area contributed by atoms with E-state index < -0.39 is 64.8 Å². The van der Waals surface area contributed by atoms with E-state index in [9.17, 15) is 61.1 Å². The van der Waals surface area contributed by atoms with Crippen molar-refractivity contribution in [2.45, 2.75) is 54.6 Å². The summed E-state index contributed by atoms with van der Waals surface area (Å²) in [6, 6.07) is 0. The first kappa shape index (κ1) is 24.1. The van der Waals surface area contributed by atoms with Gasteiger partial charge in [-0.3, -0.25) is 4.55 Å². The lowest BCUT2D eigenvalue weighted by atomic mass is 9.97. The van der Waals surface area contributed by atoms with Crippen molar-refractivity contribution < 1.29 is 65.7 Å². The standard InChI is InChI=1S/C9H8F12O3S/c10-4(2-1-3-5(11,12)13)6(14,15)7(16,17)8(18,19)9(20,21)25(22,23)24/h4H,1-3H2,(H,22,23,24). The van der Waals surface area contributed by atoms with Crippen LogP contribution in [0.25, 0.3) is 0 Å². The molecule has 3 nitrogen and oxygen atoms in total. The molecule has 0 bridgehead atoms. The van der Waals surface area contributed by atoms with Crippen molar-refractivity contribution in [2.75, 3.05) is 0 Å². The molecule has 0 saturated carbocycles. The van der Waals surface area contributed by atoms with Crippen molar-refractivity contribution in [3.05, 3.63) is 0 Å². The Balaban J connectivity index is 5.65. The summed E-state index contributed by atoms with van der Waals surface area (Å²) in [6.07, 6.45) is -15.1. The first-order valence-electron chi connectivity index (χ1n) is 5.82. The molecule has 0 rings (SSSR count). The van der Waals surface area contributed by atoms with Crippen LogP contribution < -0.4 is 0 Å². The van der Waals surface area contributed by atoms with Gasteiger partial charge < -0.3 is 0 Å². The Labute approximate surface area is 131 Å². The van der Waals surface area contributed by atoms with Crippen LogP contribution in [-0.2, 0) is 10.1 Å². The zero-order valence-corrected chi connectivity index (χ0v) is 12.2. The number of hydrogen-bond donors (Lipinski definition) is 1. The second kappa shape index (κ2) is 6.66. The van der Waals surface area contributed by atoms with Crippen LogP contribution in [0.1, 0.15) is 19.3 Å². The number of alkyl halides is 12. The molecule has 0 aromatic rings. The predicted octanol–water partition coefficient (Wildman–Crippen LogP) is 4.44. The van der Waals surface area contributed by atoms with Crippen molar-refractivity contribution in [3.8, 4) is 0 Å². The Kier molecular flexibility index (Phi) is 6.41. The molecule has 0 radical (unpaired) electrons. The van der Waals surface area contributed by atoms with E-state index >= 15 is 0 Å². The first-order valence-corrected chi connectivity index (χ1v) is 7.26. The van der Waals surface area contributed by atoms with Crippen LogP contribution in [-0.4, -0.2) is 48.3 Å². The molecule has 0 aromatic carbocycles. The largest absolute Gasteiger partial charge is 0.438 e. The summed E-state index contributed by atoms with van der Waals surface area (Å²) in [6.45, 7) is 0. The second-order valence-electron chi connectivity index (χ2n) is 4.74. The van der Waals surface area contributed by atoms with E-state index in [1.807, 2.05) is 0 Å². The average molecular weight is 424 g/mol. The van der Waals surface area contributed by atoms with Gasteiger partial charge in [0.1, 0.15) is 0 Å². The van der Waals surface area contributed by atoms with Gasteiger partial charge in [-0.2, -0.15) is 56.7 Å². The maximum atomic E-state index is 13.1. The lowest BCUT2D eigenvalue weighted by Gasteiger charge is -2.36. The van der Waals surface area contributed by atoms with E-state index in [0.29, 0.717) is 0 Å². The molecular weight excluding hydrogens is 416 g/mol. The summed E-state index contributed by atoms with van der Waals surface area (Å²) >= 11 is 0. The van der Waals surface area contributed by atoms with Crippen molar-refractivity contribution in [2.24, 2.45) is 0 Å². The molecule has 152 valence electrons. The molecule has 0 heterocycles. The van der Waals surface area contributed by atoms with E-state index in [2.05, 4.69) is 0 Å². The maximum absolute atomic E-state index is 13.1. The first-order chi connectivity index (χ1) is 10.6. The molecule has 16 heteroatoms. The zero-order valence-electron chi connectivity index (χ0n) is 11.4. The summed E-state index contributed by atoms with van der Waals surface area (Å²) < 4.78 is 180. The molecule has 1 unspecified atom stereocenters. The third kappa shape index (κ3) is 4.43. The van der Waals surface area contributed by atoms with E-state index in [1.165, 1.54) is 0 Å². The van der Waals surface area contributed by atoms with Gasteiger partial charge in [0.15, 0.2) is 6.17 Å². The minimum Gasteiger partial charge on any atom is -0.281 e. The Morgan fingerprint density at radius 3 is 1.52 bits per heavy atom. The third-order valence-electron chi connectivity index (χ3n) is 2.81. The van der Waals surface area contributed by atoms with Gasteiger partial charge in [-0.05, 0) is 12.8 Å². The monoisotopic (exact) mass is 424 g/mol. The van der Waals surface area contributed by atoms with Gasteiger partial charge in [-0.1, -0.05) is 0 Å². The SMILES string of the molecule is O=S(=O)(O)C(F)(F)C(F)(F)C(F)(F)C(F)(F)C(F)CCCC(F)(F)F. The van der Waals surface area contributed by atoms with Crippen molar-refractivity contribution in [3.63, 3.8) is 0 Å². The molecule has 1 atom stereocenters. The summed E-state index contributed by atoms with van der Waals surface area (Å²) in [5.74, 6) is -21.6. The van der Waals surface area contributed by atoms with Crippen LogP contribution in [0.5, 0.6) is 0 Å². The molecule has 0 amide bonds. The Hall–Kier alpha value is -0.930. The van der Waals surface area contributed by atoms with Gasteiger partial charge >= 0.3 is 39.3 Å². The smallest absolute Gasteiger partial charge is 0.281 e. The molecular formula is C9H8F12O3S. The Morgan fingerprint density at radius 2 is 1.20 bits per heavy atom. The fourth-order valence-corrected chi connectivity index (χ4v) is 1.87. The predicted molar refractivity (Wildman–Crippen MR) is 56.1 cm³/mol. The van der Waals surface area contributed by atoms with Crippen molar-refractivity contribution >= 4 is 10.1 Å². The van der Waals surface area contributed by atoms with Crippen LogP contribution in [0.4, 0.5) is 52.7 Å². The highest BCUT2D eigenvalue weighted by Crippen LogP contribution is 2.55. The highest BCUT2D eigenvalue weighted by atomic mass is 32.2. The second-order valence-corrected chi connectivity index (χ2v) is 6.20. The fraction of sp³-hybridized carbons (Fsp3) is 1.00. The minimum absolute atomic E-state index is 1.57. The van der Waals surface area contributed by atoms with Gasteiger partial charge in [-0.15, -0.1) is 0 Å². The number of hydrogen-bond acceptors (Lipinski definition) is 2. The van der Waals surface area contributed by atoms with Gasteiger partial charge in [0.2, 0.25) is 0 Å². The molecule has 0 aliphatic carbocycles. The summed E-state index contributed by atoms with van der Waals surface area (Å²) in [7, 11) is -7.33. The molecule has 0 aliphatic rings. The van der Waals surface area contributed by atoms with Crippen LogP contribution in [0, 0.1) is 0 Å². The molecule has 0 fully saturated rings. The molecule has 0 saturated heterocycles. The van der Waals surface area contributed by atoms with E-state index in [-0.39, 0.29) is 0 Å². The molecule has 1 N–H and O–H groups in total. The van der Waals surface area contributed by atoms with Crippen LogP contribution in [0.2, 0.25) is 0 Å². The molecule has 0 aliphatic heterocycles.